The van der Waals surface area contributed by atoms with Gasteiger partial charge in [0.25, 0.3) is 5.91 Å². The number of hydrogen-bond acceptors (Lipinski definition) is 10. The summed E-state index contributed by atoms with van der Waals surface area (Å²) in [6.07, 6.45) is 2.66. The molecule has 2 aromatic carbocycles. The van der Waals surface area contributed by atoms with Gasteiger partial charge in [0.05, 0.1) is 37.7 Å². The van der Waals surface area contributed by atoms with Crippen LogP contribution in [0.25, 0.3) is 5.69 Å². The third-order valence-electron chi connectivity index (χ3n) is 7.15. The average Bonchev–Trinajstić information content (AvgIpc) is 3.75. The molecule has 0 unspecified atom stereocenters. The molecule has 1 aliphatic rings. The van der Waals surface area contributed by atoms with Gasteiger partial charge in [-0.25, -0.2) is 4.79 Å². The van der Waals surface area contributed by atoms with Crippen LogP contribution in [0.2, 0.25) is 0 Å². The van der Waals surface area contributed by atoms with Crippen LogP contribution < -0.4 is 20.1 Å². The fourth-order valence-electron chi connectivity index (χ4n) is 4.95. The third-order valence-corrected chi connectivity index (χ3v) is 9.40. The summed E-state index contributed by atoms with van der Waals surface area (Å²) in [7, 11) is 1.57. The van der Waals surface area contributed by atoms with Crippen LogP contribution in [-0.4, -0.2) is 58.1 Å². The van der Waals surface area contributed by atoms with Gasteiger partial charge in [-0.3, -0.25) is 14.2 Å². The molecule has 0 fully saturated rings. The Balaban J connectivity index is 1.36. The molecule has 0 radical (unpaired) electrons. The first-order valence-corrected chi connectivity index (χ1v) is 16.4. The summed E-state index contributed by atoms with van der Waals surface area (Å²) in [6, 6.07) is 14.2. The summed E-state index contributed by atoms with van der Waals surface area (Å²) in [5.41, 5.74) is 2.66. The van der Waals surface area contributed by atoms with E-state index in [9.17, 15) is 14.4 Å². The average molecular weight is 650 g/mol. The molecule has 2 amide bonds. The number of ether oxygens (including phenoxy) is 3. The number of benzene rings is 2. The SMILES string of the molecule is CCOC(=O)c1c(NC(=O)[C@@H](C)Sc2nnc(CNC(=O)c3ccc(OC)cc3)n2-c2ccc(OCC)cc2)sc2c1CCC2. The summed E-state index contributed by atoms with van der Waals surface area (Å²) in [6.45, 7) is 6.34. The molecule has 0 aliphatic heterocycles. The highest BCUT2D eigenvalue weighted by Crippen LogP contribution is 2.40. The van der Waals surface area contributed by atoms with Gasteiger partial charge in [0, 0.05) is 16.1 Å². The molecule has 0 saturated heterocycles. The minimum atomic E-state index is -0.593. The van der Waals surface area contributed by atoms with E-state index in [1.54, 1.807) is 45.2 Å². The molecule has 45 heavy (non-hydrogen) atoms. The maximum atomic E-state index is 13.4. The molecule has 236 valence electrons. The quantitative estimate of drug-likeness (QED) is 0.143. The zero-order chi connectivity index (χ0) is 31.9. The van der Waals surface area contributed by atoms with Crippen LogP contribution in [0.4, 0.5) is 5.00 Å². The van der Waals surface area contributed by atoms with Gasteiger partial charge in [0.1, 0.15) is 16.5 Å². The summed E-state index contributed by atoms with van der Waals surface area (Å²) < 4.78 is 17.9. The van der Waals surface area contributed by atoms with E-state index in [2.05, 4.69) is 20.8 Å². The fraction of sp³-hybridized carbons (Fsp3) is 0.344. The molecular weight excluding hydrogens is 615 g/mol. The first-order valence-electron chi connectivity index (χ1n) is 14.7. The second kappa shape index (κ2) is 14.6. The van der Waals surface area contributed by atoms with E-state index in [4.69, 9.17) is 14.2 Å². The second-order valence-corrected chi connectivity index (χ2v) is 12.5. The smallest absolute Gasteiger partial charge is 0.341 e. The molecule has 11 nitrogen and oxygen atoms in total. The molecule has 13 heteroatoms. The molecular formula is C32H35N5O6S2. The number of nitrogens with one attached hydrogen (secondary N) is 2. The number of amides is 2. The van der Waals surface area contributed by atoms with Gasteiger partial charge in [-0.05, 0) is 94.1 Å². The van der Waals surface area contributed by atoms with Crippen molar-refractivity contribution < 1.29 is 28.6 Å². The van der Waals surface area contributed by atoms with E-state index in [0.29, 0.717) is 45.2 Å². The van der Waals surface area contributed by atoms with Gasteiger partial charge in [-0.15, -0.1) is 21.5 Å². The van der Waals surface area contributed by atoms with Gasteiger partial charge in [0.2, 0.25) is 5.91 Å². The number of methoxy groups -OCH3 is 1. The van der Waals surface area contributed by atoms with Crippen molar-refractivity contribution in [1.82, 2.24) is 20.1 Å². The van der Waals surface area contributed by atoms with Crippen molar-refractivity contribution in [3.8, 4) is 17.2 Å². The Morgan fingerprint density at radius 3 is 2.42 bits per heavy atom. The van der Waals surface area contributed by atoms with Gasteiger partial charge in [0.15, 0.2) is 11.0 Å². The van der Waals surface area contributed by atoms with E-state index in [0.717, 1.165) is 35.4 Å². The molecule has 2 aromatic heterocycles. The van der Waals surface area contributed by atoms with Crippen LogP contribution in [0.3, 0.4) is 0 Å². The van der Waals surface area contributed by atoms with Crippen LogP contribution in [0, 0.1) is 0 Å². The fourth-order valence-corrected chi connectivity index (χ4v) is 7.12. The first-order chi connectivity index (χ1) is 21.8. The van der Waals surface area contributed by atoms with E-state index in [1.165, 1.54) is 23.1 Å². The number of carbonyl (C=O) groups excluding carboxylic acids is 3. The highest BCUT2D eigenvalue weighted by atomic mass is 32.2. The molecule has 0 spiro atoms. The molecule has 5 rings (SSSR count). The van der Waals surface area contributed by atoms with E-state index in [1.807, 2.05) is 35.8 Å². The van der Waals surface area contributed by atoms with Gasteiger partial charge in [-0.2, -0.15) is 0 Å². The molecule has 2 heterocycles. The number of aryl methyl sites for hydroxylation is 1. The van der Waals surface area contributed by atoms with Gasteiger partial charge < -0.3 is 24.8 Å². The highest BCUT2D eigenvalue weighted by Gasteiger charge is 2.30. The summed E-state index contributed by atoms with van der Waals surface area (Å²) in [4.78, 5) is 40.2. The number of carbonyl (C=O) groups is 3. The number of fused-ring (bicyclic) bond motifs is 1. The standard InChI is InChI=1S/C32H35N5O6S2/c1-5-42-23-16-12-21(13-17-23)37-26(18-33-29(39)20-10-14-22(41-4)15-11-20)35-36-32(37)44-19(3)28(38)34-30-27(31(40)43-6-2)24-8-7-9-25(24)45-30/h10-17,19H,5-9,18H2,1-4H3,(H,33,39)(H,34,38)/t19-/m1/s1. The number of rotatable bonds is 13. The number of thiophene rings is 1. The van der Waals surface area contributed by atoms with Crippen molar-refractivity contribution in [2.45, 2.75) is 57.0 Å². The lowest BCUT2D eigenvalue weighted by atomic mass is 10.1. The maximum Gasteiger partial charge on any atom is 0.341 e. The first kappa shape index (κ1) is 32.0. The Kier molecular flexibility index (Phi) is 10.4. The Morgan fingerprint density at radius 1 is 1.00 bits per heavy atom. The number of anilines is 1. The lowest BCUT2D eigenvalue weighted by Gasteiger charge is -2.15. The second-order valence-electron chi connectivity index (χ2n) is 10.1. The highest BCUT2D eigenvalue weighted by molar-refractivity contribution is 8.00. The number of nitrogens with zero attached hydrogens (tertiary/aromatic N) is 3. The summed E-state index contributed by atoms with van der Waals surface area (Å²) in [5, 5.41) is 15.0. The normalized spacial score (nSPS) is 12.7. The van der Waals surface area contributed by atoms with Crippen molar-refractivity contribution in [1.29, 1.82) is 0 Å². The lowest BCUT2D eigenvalue weighted by molar-refractivity contribution is -0.115. The zero-order valence-electron chi connectivity index (χ0n) is 25.5. The van der Waals surface area contributed by atoms with Crippen molar-refractivity contribution in [2.75, 3.05) is 25.6 Å². The van der Waals surface area contributed by atoms with Gasteiger partial charge >= 0.3 is 5.97 Å². The lowest BCUT2D eigenvalue weighted by Crippen LogP contribution is -2.25. The van der Waals surface area contributed by atoms with Crippen molar-refractivity contribution in [3.05, 3.63) is 75.9 Å². The zero-order valence-corrected chi connectivity index (χ0v) is 27.2. The minimum absolute atomic E-state index is 0.0931. The number of hydrogen-bond donors (Lipinski definition) is 2. The summed E-state index contributed by atoms with van der Waals surface area (Å²) in [5.74, 6) is 0.884. The topological polar surface area (TPSA) is 134 Å². The largest absolute Gasteiger partial charge is 0.497 e. The van der Waals surface area contributed by atoms with Crippen LogP contribution in [0.15, 0.2) is 53.7 Å². The maximum absolute atomic E-state index is 13.4. The molecule has 1 atom stereocenters. The number of esters is 1. The van der Waals surface area contributed by atoms with Gasteiger partial charge in [-0.1, -0.05) is 11.8 Å². The van der Waals surface area contributed by atoms with Crippen molar-refractivity contribution in [3.63, 3.8) is 0 Å². The van der Waals surface area contributed by atoms with E-state index in [-0.39, 0.29) is 25.0 Å². The predicted octanol–water partition coefficient (Wildman–Crippen LogP) is 5.45. The monoisotopic (exact) mass is 649 g/mol. The van der Waals surface area contributed by atoms with E-state index < -0.39 is 11.2 Å². The minimum Gasteiger partial charge on any atom is -0.497 e. The van der Waals surface area contributed by atoms with Crippen LogP contribution in [-0.2, 0) is 28.9 Å². The Labute approximate surface area is 269 Å². The Hall–Kier alpha value is -4.36. The van der Waals surface area contributed by atoms with Crippen molar-refractivity contribution >= 4 is 45.9 Å². The molecule has 1 aliphatic carbocycles. The molecule has 2 N–H and O–H groups in total. The molecule has 0 bridgehead atoms. The molecule has 4 aromatic rings. The van der Waals surface area contributed by atoms with Crippen LogP contribution >= 0.6 is 23.1 Å². The van der Waals surface area contributed by atoms with Crippen LogP contribution in [0.5, 0.6) is 11.5 Å². The van der Waals surface area contributed by atoms with E-state index >= 15 is 0 Å². The summed E-state index contributed by atoms with van der Waals surface area (Å²) >= 11 is 2.66. The van der Waals surface area contributed by atoms with Crippen molar-refractivity contribution in [2.24, 2.45) is 0 Å². The predicted molar refractivity (Wildman–Crippen MR) is 173 cm³/mol. The Morgan fingerprint density at radius 2 is 1.73 bits per heavy atom. The molecule has 0 saturated carbocycles. The Bertz CT molecular complexity index is 1670. The van der Waals surface area contributed by atoms with Crippen LogP contribution in [0.1, 0.15) is 64.2 Å². The number of thioether (sulfide) groups is 1. The third kappa shape index (κ3) is 7.31. The number of aromatic nitrogens is 3.